The van der Waals surface area contributed by atoms with Gasteiger partial charge < -0.3 is 16.0 Å². The van der Waals surface area contributed by atoms with Gasteiger partial charge in [-0.15, -0.1) is 0 Å². The smallest absolute Gasteiger partial charge is 0.319 e. The summed E-state index contributed by atoms with van der Waals surface area (Å²) in [5.41, 5.74) is 3.10. The molecule has 0 saturated carbocycles. The van der Waals surface area contributed by atoms with E-state index in [2.05, 4.69) is 22.9 Å². The normalized spacial score (nSPS) is 11.9. The highest BCUT2D eigenvalue weighted by molar-refractivity contribution is 7.07. The van der Waals surface area contributed by atoms with Gasteiger partial charge in [0.1, 0.15) is 0 Å². The van der Waals surface area contributed by atoms with E-state index < -0.39 is 0 Å². The van der Waals surface area contributed by atoms with E-state index in [1.54, 1.807) is 11.3 Å². The van der Waals surface area contributed by atoms with Gasteiger partial charge in [0.25, 0.3) is 0 Å². The van der Waals surface area contributed by atoms with Gasteiger partial charge in [0.15, 0.2) is 0 Å². The summed E-state index contributed by atoms with van der Waals surface area (Å²) in [6, 6.07) is 9.95. The number of amides is 2. The molecule has 2 rings (SSSR count). The third-order valence-electron chi connectivity index (χ3n) is 3.13. The monoisotopic (exact) mass is 289 g/mol. The Morgan fingerprint density at radius 1 is 1.25 bits per heavy atom. The van der Waals surface area contributed by atoms with Crippen molar-refractivity contribution in [3.05, 3.63) is 52.2 Å². The Morgan fingerprint density at radius 2 is 2.00 bits per heavy atom. The maximum absolute atomic E-state index is 11.8. The molecular weight excluding hydrogens is 270 g/mol. The van der Waals surface area contributed by atoms with Crippen molar-refractivity contribution in [2.24, 2.45) is 0 Å². The van der Waals surface area contributed by atoms with Gasteiger partial charge in [0, 0.05) is 18.3 Å². The van der Waals surface area contributed by atoms with Gasteiger partial charge in [-0.05, 0) is 54.1 Å². The molecule has 1 aromatic heterocycles. The Balaban J connectivity index is 1.84. The molecule has 2 aromatic rings. The molecule has 2 amide bonds. The molecule has 0 aliphatic carbocycles. The molecule has 0 saturated heterocycles. The van der Waals surface area contributed by atoms with Gasteiger partial charge in [-0.1, -0.05) is 12.1 Å². The van der Waals surface area contributed by atoms with Crippen LogP contribution in [0.25, 0.3) is 0 Å². The third kappa shape index (κ3) is 4.08. The standard InChI is InChI=1S/C15H19N3OS/c1-11(16-2)13-3-5-14(6-4-13)18-15(19)17-9-12-7-8-20-10-12/h3-8,10-11,16H,9H2,1-2H3,(H2,17,18,19). The fourth-order valence-corrected chi connectivity index (χ4v) is 2.44. The predicted octanol–water partition coefficient (Wildman–Crippen LogP) is 3.35. The molecule has 0 fully saturated rings. The summed E-state index contributed by atoms with van der Waals surface area (Å²) in [5.74, 6) is 0. The lowest BCUT2D eigenvalue weighted by Crippen LogP contribution is -2.28. The van der Waals surface area contributed by atoms with E-state index in [1.165, 1.54) is 5.56 Å². The summed E-state index contributed by atoms with van der Waals surface area (Å²) in [4.78, 5) is 11.8. The number of hydrogen-bond acceptors (Lipinski definition) is 3. The molecule has 4 nitrogen and oxygen atoms in total. The SMILES string of the molecule is CNC(C)c1ccc(NC(=O)NCc2ccsc2)cc1. The largest absolute Gasteiger partial charge is 0.334 e. The number of rotatable bonds is 5. The van der Waals surface area contributed by atoms with E-state index in [4.69, 9.17) is 0 Å². The summed E-state index contributed by atoms with van der Waals surface area (Å²) in [6.45, 7) is 2.64. The number of anilines is 1. The van der Waals surface area contributed by atoms with Crippen LogP contribution in [0.4, 0.5) is 10.5 Å². The molecule has 0 aliphatic rings. The van der Waals surface area contributed by atoms with Crippen LogP contribution in [0.5, 0.6) is 0 Å². The molecular formula is C15H19N3OS. The molecule has 106 valence electrons. The molecule has 0 spiro atoms. The van der Waals surface area contributed by atoms with Crippen molar-refractivity contribution in [1.82, 2.24) is 10.6 Å². The van der Waals surface area contributed by atoms with Crippen LogP contribution in [0.3, 0.4) is 0 Å². The van der Waals surface area contributed by atoms with E-state index in [1.807, 2.05) is 48.1 Å². The molecule has 0 bridgehead atoms. The van der Waals surface area contributed by atoms with Crippen molar-refractivity contribution in [1.29, 1.82) is 0 Å². The molecule has 3 N–H and O–H groups in total. The van der Waals surface area contributed by atoms with Gasteiger partial charge in [-0.2, -0.15) is 11.3 Å². The second-order valence-electron chi connectivity index (χ2n) is 4.57. The second-order valence-corrected chi connectivity index (χ2v) is 5.35. The lowest BCUT2D eigenvalue weighted by molar-refractivity contribution is 0.252. The zero-order chi connectivity index (χ0) is 14.4. The highest BCUT2D eigenvalue weighted by Gasteiger charge is 2.04. The molecule has 0 aliphatic heterocycles. The fourth-order valence-electron chi connectivity index (χ4n) is 1.77. The summed E-state index contributed by atoms with van der Waals surface area (Å²) < 4.78 is 0. The molecule has 5 heteroatoms. The minimum atomic E-state index is -0.189. The van der Waals surface area contributed by atoms with E-state index in [9.17, 15) is 4.79 Å². The van der Waals surface area contributed by atoms with Crippen LogP contribution < -0.4 is 16.0 Å². The van der Waals surface area contributed by atoms with E-state index >= 15 is 0 Å². The first-order chi connectivity index (χ1) is 9.69. The van der Waals surface area contributed by atoms with Crippen LogP contribution in [-0.2, 0) is 6.54 Å². The van der Waals surface area contributed by atoms with Gasteiger partial charge >= 0.3 is 6.03 Å². The number of benzene rings is 1. The predicted molar refractivity (Wildman–Crippen MR) is 84.1 cm³/mol. The van der Waals surface area contributed by atoms with Crippen LogP contribution in [0.15, 0.2) is 41.1 Å². The molecule has 1 atom stereocenters. The summed E-state index contributed by atoms with van der Waals surface area (Å²) >= 11 is 1.62. The second kappa shape index (κ2) is 7.07. The summed E-state index contributed by atoms with van der Waals surface area (Å²) in [6.07, 6.45) is 0. The van der Waals surface area contributed by atoms with Crippen LogP contribution >= 0.6 is 11.3 Å². The van der Waals surface area contributed by atoms with Gasteiger partial charge in [-0.25, -0.2) is 4.79 Å². The zero-order valence-corrected chi connectivity index (χ0v) is 12.5. The first kappa shape index (κ1) is 14.6. The van der Waals surface area contributed by atoms with Crippen LogP contribution in [0.2, 0.25) is 0 Å². The van der Waals surface area contributed by atoms with Crippen molar-refractivity contribution in [3.8, 4) is 0 Å². The molecule has 20 heavy (non-hydrogen) atoms. The molecule has 1 heterocycles. The number of carbonyl (C=O) groups is 1. The van der Waals surface area contributed by atoms with E-state index in [0.29, 0.717) is 12.6 Å². The minimum Gasteiger partial charge on any atom is -0.334 e. The number of nitrogens with one attached hydrogen (secondary N) is 3. The fraction of sp³-hybridized carbons (Fsp3) is 0.267. The molecule has 1 unspecified atom stereocenters. The van der Waals surface area contributed by atoms with Gasteiger partial charge in [0.2, 0.25) is 0 Å². The number of urea groups is 1. The highest BCUT2D eigenvalue weighted by Crippen LogP contribution is 2.15. The van der Waals surface area contributed by atoms with Crippen LogP contribution in [0.1, 0.15) is 24.1 Å². The van der Waals surface area contributed by atoms with Crippen molar-refractivity contribution in [3.63, 3.8) is 0 Å². The van der Waals surface area contributed by atoms with Gasteiger partial charge in [0.05, 0.1) is 0 Å². The maximum atomic E-state index is 11.8. The Hall–Kier alpha value is -1.85. The Labute approximate surface area is 123 Å². The number of carbonyl (C=O) groups excluding carboxylic acids is 1. The summed E-state index contributed by atoms with van der Waals surface area (Å²) in [7, 11) is 1.93. The number of thiophene rings is 1. The van der Waals surface area contributed by atoms with Crippen molar-refractivity contribution >= 4 is 23.1 Å². The summed E-state index contributed by atoms with van der Waals surface area (Å²) in [5, 5.41) is 12.8. The van der Waals surface area contributed by atoms with E-state index in [0.717, 1.165) is 11.3 Å². The van der Waals surface area contributed by atoms with E-state index in [-0.39, 0.29) is 6.03 Å². The zero-order valence-electron chi connectivity index (χ0n) is 11.6. The average Bonchev–Trinajstić information content (AvgIpc) is 2.98. The Morgan fingerprint density at radius 3 is 2.60 bits per heavy atom. The topological polar surface area (TPSA) is 53.2 Å². The van der Waals surface area contributed by atoms with Crippen molar-refractivity contribution in [2.75, 3.05) is 12.4 Å². The highest BCUT2D eigenvalue weighted by atomic mass is 32.1. The Kier molecular flexibility index (Phi) is 5.15. The van der Waals surface area contributed by atoms with Crippen molar-refractivity contribution in [2.45, 2.75) is 19.5 Å². The maximum Gasteiger partial charge on any atom is 0.319 e. The molecule has 1 aromatic carbocycles. The number of hydrogen-bond donors (Lipinski definition) is 3. The van der Waals surface area contributed by atoms with Crippen LogP contribution in [0, 0.1) is 0 Å². The molecule has 0 radical (unpaired) electrons. The first-order valence-corrected chi connectivity index (χ1v) is 7.46. The lowest BCUT2D eigenvalue weighted by Gasteiger charge is -2.12. The van der Waals surface area contributed by atoms with Crippen molar-refractivity contribution < 1.29 is 4.79 Å². The van der Waals surface area contributed by atoms with Crippen LogP contribution in [-0.4, -0.2) is 13.1 Å². The lowest BCUT2D eigenvalue weighted by atomic mass is 10.1. The minimum absolute atomic E-state index is 0.189. The Bertz CT molecular complexity index is 537. The van der Waals surface area contributed by atoms with Gasteiger partial charge in [-0.3, -0.25) is 0 Å². The average molecular weight is 289 g/mol. The first-order valence-electron chi connectivity index (χ1n) is 6.52. The quantitative estimate of drug-likeness (QED) is 0.790. The third-order valence-corrected chi connectivity index (χ3v) is 3.87.